The molecule has 33 heavy (non-hydrogen) atoms. The van der Waals surface area contributed by atoms with Crippen LogP contribution in [-0.2, 0) is 9.59 Å². The maximum Gasteiger partial charge on any atom is 0.300 e. The van der Waals surface area contributed by atoms with Crippen molar-refractivity contribution in [2.75, 3.05) is 12.0 Å². The molecule has 0 bridgehead atoms. The number of Topliss-reactive ketones (excluding diaryl/α,β-unsaturated/α-hetero) is 1. The number of rotatable bonds is 5. The molecular formula is C24H17FN2O6. The largest absolute Gasteiger partial charge is 0.507 e. The minimum atomic E-state index is -1.07. The minimum Gasteiger partial charge on any atom is -0.507 e. The first-order valence-corrected chi connectivity index (χ1v) is 9.77. The SMILES string of the molecule is COc1ccc(N2C(=O)C(=O)/C(=C(/O)c3ccc(F)cc3)C2c2ccc([N+](=O)[O-])cc2)cc1. The highest BCUT2D eigenvalue weighted by Gasteiger charge is 2.47. The molecule has 1 heterocycles. The van der Waals surface area contributed by atoms with Gasteiger partial charge in [-0.05, 0) is 66.2 Å². The summed E-state index contributed by atoms with van der Waals surface area (Å²) in [7, 11) is 1.49. The Hall–Kier alpha value is -4.53. The highest BCUT2D eigenvalue weighted by atomic mass is 19.1. The molecule has 1 atom stereocenters. The van der Waals surface area contributed by atoms with Gasteiger partial charge in [0.2, 0.25) is 0 Å². The molecule has 166 valence electrons. The number of methoxy groups -OCH3 is 1. The maximum absolute atomic E-state index is 13.4. The summed E-state index contributed by atoms with van der Waals surface area (Å²) < 4.78 is 18.5. The van der Waals surface area contributed by atoms with Gasteiger partial charge in [-0.15, -0.1) is 0 Å². The van der Waals surface area contributed by atoms with Crippen LogP contribution in [0.25, 0.3) is 5.76 Å². The molecule has 1 aliphatic rings. The average molecular weight is 448 g/mol. The number of benzene rings is 3. The van der Waals surface area contributed by atoms with Crippen LogP contribution in [0.15, 0.2) is 78.4 Å². The van der Waals surface area contributed by atoms with Crippen LogP contribution in [0.4, 0.5) is 15.8 Å². The fourth-order valence-electron chi connectivity index (χ4n) is 3.70. The molecular weight excluding hydrogens is 431 g/mol. The number of hydrogen-bond acceptors (Lipinski definition) is 6. The molecule has 0 saturated carbocycles. The number of anilines is 1. The summed E-state index contributed by atoms with van der Waals surface area (Å²) in [6, 6.07) is 15.5. The van der Waals surface area contributed by atoms with Gasteiger partial charge in [-0.1, -0.05) is 0 Å². The van der Waals surface area contributed by atoms with Crippen molar-refractivity contribution in [3.8, 4) is 5.75 Å². The summed E-state index contributed by atoms with van der Waals surface area (Å²) in [5.41, 5.74) is 0.504. The quantitative estimate of drug-likeness (QED) is 0.204. The first kappa shape index (κ1) is 21.7. The lowest BCUT2D eigenvalue weighted by atomic mass is 9.95. The first-order chi connectivity index (χ1) is 15.8. The van der Waals surface area contributed by atoms with E-state index in [1.807, 2.05) is 0 Å². The number of nitro groups is 1. The van der Waals surface area contributed by atoms with Gasteiger partial charge in [-0.25, -0.2) is 4.39 Å². The van der Waals surface area contributed by atoms with Crippen molar-refractivity contribution in [1.29, 1.82) is 0 Å². The number of nitro benzene ring substituents is 1. The summed E-state index contributed by atoms with van der Waals surface area (Å²) >= 11 is 0. The molecule has 1 fully saturated rings. The Balaban J connectivity index is 1.91. The Kier molecular flexibility index (Phi) is 5.61. The highest BCUT2D eigenvalue weighted by molar-refractivity contribution is 6.51. The Bertz CT molecular complexity index is 1270. The molecule has 0 radical (unpaired) electrons. The fraction of sp³-hybridized carbons (Fsp3) is 0.0833. The van der Waals surface area contributed by atoms with Gasteiger partial charge in [0, 0.05) is 23.4 Å². The zero-order valence-corrected chi connectivity index (χ0v) is 17.3. The van der Waals surface area contributed by atoms with Crippen LogP contribution >= 0.6 is 0 Å². The monoisotopic (exact) mass is 448 g/mol. The standard InChI is InChI=1S/C24H17FN2O6/c1-33-19-12-10-17(11-13-19)26-21(14-4-8-18(9-5-14)27(31)32)20(23(29)24(26)30)22(28)15-2-6-16(25)7-3-15/h2-13,21,28H,1H3/b22-20+. The van der Waals surface area contributed by atoms with E-state index in [4.69, 9.17) is 4.74 Å². The third kappa shape index (κ3) is 3.91. The van der Waals surface area contributed by atoms with Crippen molar-refractivity contribution in [3.63, 3.8) is 0 Å². The van der Waals surface area contributed by atoms with Crippen molar-refractivity contribution < 1.29 is 28.7 Å². The van der Waals surface area contributed by atoms with E-state index in [-0.39, 0.29) is 16.8 Å². The second kappa shape index (κ2) is 8.54. The summed E-state index contributed by atoms with van der Waals surface area (Å²) in [6.45, 7) is 0. The van der Waals surface area contributed by atoms with Gasteiger partial charge in [-0.3, -0.25) is 24.6 Å². The molecule has 1 unspecified atom stereocenters. The molecule has 3 aromatic carbocycles. The lowest BCUT2D eigenvalue weighted by Crippen LogP contribution is -2.29. The summed E-state index contributed by atoms with van der Waals surface area (Å²) in [5.74, 6) is -2.29. The third-order valence-electron chi connectivity index (χ3n) is 5.33. The van der Waals surface area contributed by atoms with E-state index in [0.29, 0.717) is 17.0 Å². The molecule has 8 nitrogen and oxygen atoms in total. The van der Waals surface area contributed by atoms with E-state index in [1.54, 1.807) is 24.3 Å². The van der Waals surface area contributed by atoms with Gasteiger partial charge in [-0.2, -0.15) is 0 Å². The van der Waals surface area contributed by atoms with E-state index in [2.05, 4.69) is 0 Å². The fourth-order valence-corrected chi connectivity index (χ4v) is 3.70. The summed E-state index contributed by atoms with van der Waals surface area (Å²) in [4.78, 5) is 37.8. The Morgan fingerprint density at radius 2 is 1.61 bits per heavy atom. The van der Waals surface area contributed by atoms with Crippen LogP contribution in [0.3, 0.4) is 0 Å². The lowest BCUT2D eigenvalue weighted by molar-refractivity contribution is -0.384. The number of ether oxygens (including phenoxy) is 1. The summed E-state index contributed by atoms with van der Waals surface area (Å²) in [6.07, 6.45) is 0. The average Bonchev–Trinajstić information content (AvgIpc) is 3.09. The molecule has 1 aliphatic heterocycles. The van der Waals surface area contributed by atoms with Gasteiger partial charge in [0.1, 0.15) is 17.3 Å². The molecule has 0 spiro atoms. The van der Waals surface area contributed by atoms with Crippen LogP contribution in [0.1, 0.15) is 17.2 Å². The molecule has 3 aromatic rings. The molecule has 1 amide bonds. The first-order valence-electron chi connectivity index (χ1n) is 9.77. The van der Waals surface area contributed by atoms with Crippen LogP contribution < -0.4 is 9.64 Å². The van der Waals surface area contributed by atoms with Crippen molar-refractivity contribution >= 4 is 28.8 Å². The molecule has 4 rings (SSSR count). The molecule has 9 heteroatoms. The predicted octanol–water partition coefficient (Wildman–Crippen LogP) is 4.37. The number of carbonyl (C=O) groups is 2. The Labute approximate surface area is 187 Å². The van der Waals surface area contributed by atoms with Crippen LogP contribution in [0, 0.1) is 15.9 Å². The minimum absolute atomic E-state index is 0.149. The van der Waals surface area contributed by atoms with E-state index >= 15 is 0 Å². The molecule has 0 aliphatic carbocycles. The summed E-state index contributed by atoms with van der Waals surface area (Å²) in [5, 5.41) is 22.0. The van der Waals surface area contributed by atoms with Gasteiger partial charge >= 0.3 is 0 Å². The number of halogens is 1. The number of amides is 1. The number of carbonyl (C=O) groups excluding carboxylic acids is 2. The number of aliphatic hydroxyl groups excluding tert-OH is 1. The second-order valence-corrected chi connectivity index (χ2v) is 7.22. The zero-order chi connectivity index (χ0) is 23.7. The van der Waals surface area contributed by atoms with Gasteiger partial charge in [0.15, 0.2) is 0 Å². The number of hydrogen-bond donors (Lipinski definition) is 1. The molecule has 1 saturated heterocycles. The Morgan fingerprint density at radius 1 is 1.00 bits per heavy atom. The third-order valence-corrected chi connectivity index (χ3v) is 5.33. The predicted molar refractivity (Wildman–Crippen MR) is 117 cm³/mol. The lowest BCUT2D eigenvalue weighted by Gasteiger charge is -2.25. The van der Waals surface area contributed by atoms with Gasteiger partial charge in [0.25, 0.3) is 17.4 Å². The van der Waals surface area contributed by atoms with Gasteiger partial charge < -0.3 is 9.84 Å². The van der Waals surface area contributed by atoms with Crippen molar-refractivity contribution in [3.05, 3.63) is 105 Å². The second-order valence-electron chi connectivity index (χ2n) is 7.22. The zero-order valence-electron chi connectivity index (χ0n) is 17.3. The van der Waals surface area contributed by atoms with Crippen LogP contribution in [0.5, 0.6) is 5.75 Å². The van der Waals surface area contributed by atoms with Crippen LogP contribution in [-0.4, -0.2) is 28.8 Å². The van der Waals surface area contributed by atoms with Crippen LogP contribution in [0.2, 0.25) is 0 Å². The van der Waals surface area contributed by atoms with Gasteiger partial charge in [0.05, 0.1) is 23.6 Å². The molecule has 1 N–H and O–H groups in total. The van der Waals surface area contributed by atoms with Crippen molar-refractivity contribution in [2.24, 2.45) is 0 Å². The number of nitrogens with zero attached hydrogens (tertiary/aromatic N) is 2. The maximum atomic E-state index is 13.4. The topological polar surface area (TPSA) is 110 Å². The number of ketones is 1. The number of aliphatic hydroxyl groups is 1. The van der Waals surface area contributed by atoms with Crippen molar-refractivity contribution in [1.82, 2.24) is 0 Å². The number of non-ortho nitro benzene ring substituents is 1. The van der Waals surface area contributed by atoms with E-state index in [9.17, 15) is 29.2 Å². The van der Waals surface area contributed by atoms with E-state index < -0.39 is 34.2 Å². The molecule has 0 aromatic heterocycles. The normalized spacial score (nSPS) is 17.3. The van der Waals surface area contributed by atoms with E-state index in [0.717, 1.165) is 12.1 Å². The smallest absolute Gasteiger partial charge is 0.300 e. The van der Waals surface area contributed by atoms with Crippen molar-refractivity contribution in [2.45, 2.75) is 6.04 Å². The van der Waals surface area contributed by atoms with E-state index in [1.165, 1.54) is 48.4 Å². The Morgan fingerprint density at radius 3 is 2.15 bits per heavy atom. The highest BCUT2D eigenvalue weighted by Crippen LogP contribution is 2.42.